The maximum Gasteiger partial charge on any atom is 0.306 e. The van der Waals surface area contributed by atoms with Crippen molar-refractivity contribution in [3.63, 3.8) is 0 Å². The summed E-state index contributed by atoms with van der Waals surface area (Å²) >= 11 is 1.44. The molecular weight excluding hydrogens is 825 g/mol. The lowest BCUT2D eigenvalue weighted by Crippen LogP contribution is -2.51. The molecule has 0 aliphatic heterocycles. The number of rotatable bonds is 32. The van der Waals surface area contributed by atoms with Crippen molar-refractivity contribution in [1.82, 2.24) is 9.80 Å². The standard InChI is InChI=1S/C57H100N2O5S/c1-9-10-11-12-13-20-25-42-63-53(60)29-21-16-14-18-23-39-59(55(62)65-43-41-58(7)8)40-24-19-15-17-22-30-54(61)64-48-35-37-56(5)47(44-48)31-32-49-51-34-33-50(46(4)28-26-27-45(2)3)57(51,6)38-36-52(49)56/h20,25,31,45-46,48-52H,9-19,21-24,26-30,32-44H2,1-8H3/b25-20-/t46-,48+,49+,50-,51-,52-,56+,57-/m1/s1. The predicted octanol–water partition coefficient (Wildman–Crippen LogP) is 15.4. The van der Waals surface area contributed by atoms with E-state index in [9.17, 15) is 14.4 Å². The van der Waals surface area contributed by atoms with Gasteiger partial charge in [0, 0.05) is 44.6 Å². The van der Waals surface area contributed by atoms with Gasteiger partial charge in [0.05, 0.1) is 0 Å². The number of fused-ring (bicyclic) bond motifs is 5. The molecule has 0 heterocycles. The van der Waals surface area contributed by atoms with Gasteiger partial charge in [-0.3, -0.25) is 14.4 Å². The van der Waals surface area contributed by atoms with Crippen LogP contribution < -0.4 is 0 Å². The smallest absolute Gasteiger partial charge is 0.306 e. The number of allylic oxidation sites excluding steroid dienone is 2. The van der Waals surface area contributed by atoms with Gasteiger partial charge in [-0.05, 0) is 144 Å². The topological polar surface area (TPSA) is 76.1 Å². The van der Waals surface area contributed by atoms with Gasteiger partial charge in [-0.1, -0.05) is 154 Å². The molecule has 4 rings (SSSR count). The van der Waals surface area contributed by atoms with Crippen molar-refractivity contribution >= 4 is 28.9 Å². The summed E-state index contributed by atoms with van der Waals surface area (Å²) in [6.07, 6.45) is 38.1. The van der Waals surface area contributed by atoms with Gasteiger partial charge in [0.2, 0.25) is 0 Å². The van der Waals surface area contributed by atoms with E-state index in [0.717, 1.165) is 144 Å². The van der Waals surface area contributed by atoms with Crippen LogP contribution in [0.2, 0.25) is 0 Å². The van der Waals surface area contributed by atoms with Gasteiger partial charge >= 0.3 is 11.9 Å². The number of ether oxygens (including phenoxy) is 2. The van der Waals surface area contributed by atoms with Crippen LogP contribution in [0.3, 0.4) is 0 Å². The van der Waals surface area contributed by atoms with E-state index in [2.05, 4.69) is 63.5 Å². The average Bonchev–Trinajstić information content (AvgIpc) is 3.63. The molecular formula is C57H100N2O5S. The van der Waals surface area contributed by atoms with Crippen LogP contribution >= 0.6 is 11.8 Å². The van der Waals surface area contributed by atoms with Crippen molar-refractivity contribution in [2.75, 3.05) is 46.1 Å². The molecule has 0 N–H and O–H groups in total. The molecule has 65 heavy (non-hydrogen) atoms. The molecule has 0 aromatic heterocycles. The Kier molecular flexibility index (Phi) is 25.7. The predicted molar refractivity (Wildman–Crippen MR) is 275 cm³/mol. The van der Waals surface area contributed by atoms with Crippen molar-refractivity contribution in [3.8, 4) is 0 Å². The minimum Gasteiger partial charge on any atom is -0.462 e. The minimum atomic E-state index is -0.102. The molecule has 4 aliphatic rings. The first-order chi connectivity index (χ1) is 31.3. The van der Waals surface area contributed by atoms with Crippen LogP contribution in [0.5, 0.6) is 0 Å². The highest BCUT2D eigenvalue weighted by molar-refractivity contribution is 8.13. The summed E-state index contributed by atoms with van der Waals surface area (Å²) in [4.78, 5) is 42.6. The Labute approximate surface area is 404 Å². The lowest BCUT2D eigenvalue weighted by Gasteiger charge is -2.58. The van der Waals surface area contributed by atoms with Gasteiger partial charge in [0.15, 0.2) is 0 Å². The van der Waals surface area contributed by atoms with Gasteiger partial charge in [-0.2, -0.15) is 0 Å². The Hall–Kier alpha value is -1.80. The number of carbonyl (C=O) groups is 3. The van der Waals surface area contributed by atoms with E-state index in [4.69, 9.17) is 9.47 Å². The van der Waals surface area contributed by atoms with Crippen molar-refractivity contribution < 1.29 is 23.9 Å². The maximum atomic E-state index is 13.2. The zero-order chi connectivity index (χ0) is 47.1. The van der Waals surface area contributed by atoms with Crippen LogP contribution in [-0.2, 0) is 19.1 Å². The highest BCUT2D eigenvalue weighted by atomic mass is 32.2. The normalized spacial score (nSPS) is 26.7. The number of carbonyl (C=O) groups excluding carboxylic acids is 3. The van der Waals surface area contributed by atoms with Gasteiger partial charge in [-0.15, -0.1) is 0 Å². The van der Waals surface area contributed by atoms with Gasteiger partial charge in [-0.25, -0.2) is 0 Å². The van der Waals surface area contributed by atoms with Crippen molar-refractivity contribution in [1.29, 1.82) is 0 Å². The lowest BCUT2D eigenvalue weighted by atomic mass is 9.47. The molecule has 0 bridgehead atoms. The SMILES string of the molecule is CCCCCC/C=C\COC(=O)CCCCCCCN(CCCCCCCC(=O)O[C@H]1CC[C@@]2(C)C(=CC[C@H]3[C@H]4CC[C@H]([C@H](C)CCCC(C)C)[C@@]4(C)CC[C@H]32)C1)C(=O)SCCN(C)C. The summed E-state index contributed by atoms with van der Waals surface area (Å²) in [6, 6.07) is 0. The van der Waals surface area contributed by atoms with E-state index < -0.39 is 0 Å². The quantitative estimate of drug-likeness (QED) is 0.0378. The van der Waals surface area contributed by atoms with Crippen LogP contribution in [0.1, 0.15) is 221 Å². The number of hydrogen-bond donors (Lipinski definition) is 0. The van der Waals surface area contributed by atoms with Gasteiger partial charge < -0.3 is 19.3 Å². The van der Waals surface area contributed by atoms with Crippen LogP contribution in [-0.4, -0.2) is 79.2 Å². The molecule has 0 aromatic rings. The molecule has 1 amide bonds. The van der Waals surface area contributed by atoms with E-state index in [-0.39, 0.29) is 28.7 Å². The monoisotopic (exact) mass is 925 g/mol. The molecule has 0 aromatic carbocycles. The molecule has 0 spiro atoms. The van der Waals surface area contributed by atoms with Crippen LogP contribution in [0.4, 0.5) is 4.79 Å². The minimum absolute atomic E-state index is 0.0106. The van der Waals surface area contributed by atoms with Crippen molar-refractivity contribution in [2.45, 2.75) is 227 Å². The highest BCUT2D eigenvalue weighted by Gasteiger charge is 2.59. The number of amides is 1. The number of thioether (sulfide) groups is 1. The first-order valence-corrected chi connectivity index (χ1v) is 28.5. The zero-order valence-corrected chi connectivity index (χ0v) is 44.3. The van der Waals surface area contributed by atoms with Crippen LogP contribution in [0.25, 0.3) is 0 Å². The van der Waals surface area contributed by atoms with Crippen molar-refractivity contribution in [2.24, 2.45) is 46.3 Å². The fraction of sp³-hybridized carbons (Fsp3) is 0.877. The van der Waals surface area contributed by atoms with Crippen LogP contribution in [0, 0.1) is 46.3 Å². The Morgan fingerprint density at radius 2 is 1.43 bits per heavy atom. The third-order valence-electron chi connectivity index (χ3n) is 16.9. The van der Waals surface area contributed by atoms with Gasteiger partial charge in [0.1, 0.15) is 12.7 Å². The third kappa shape index (κ3) is 18.6. The van der Waals surface area contributed by atoms with E-state index in [1.54, 1.807) is 5.57 Å². The summed E-state index contributed by atoms with van der Waals surface area (Å²) in [5.74, 6) is 5.76. The summed E-state index contributed by atoms with van der Waals surface area (Å²) in [6.45, 7) is 17.7. The van der Waals surface area contributed by atoms with Crippen LogP contribution in [0.15, 0.2) is 23.8 Å². The fourth-order valence-electron chi connectivity index (χ4n) is 13.0. The highest BCUT2D eigenvalue weighted by Crippen LogP contribution is 2.67. The van der Waals surface area contributed by atoms with E-state index in [0.29, 0.717) is 24.9 Å². The second-order valence-electron chi connectivity index (χ2n) is 22.6. The zero-order valence-electron chi connectivity index (χ0n) is 43.5. The summed E-state index contributed by atoms with van der Waals surface area (Å²) in [7, 11) is 4.10. The lowest BCUT2D eigenvalue weighted by molar-refractivity contribution is -0.151. The molecule has 8 atom stereocenters. The molecule has 0 saturated heterocycles. The summed E-state index contributed by atoms with van der Waals surface area (Å²) < 4.78 is 11.6. The molecule has 0 radical (unpaired) electrons. The Morgan fingerprint density at radius 1 is 0.754 bits per heavy atom. The summed E-state index contributed by atoms with van der Waals surface area (Å²) in [5.41, 5.74) is 2.40. The summed E-state index contributed by atoms with van der Waals surface area (Å²) in [5, 5.41) is 0.195. The van der Waals surface area contributed by atoms with E-state index in [1.807, 2.05) is 20.2 Å². The molecule has 0 unspecified atom stereocenters. The number of unbranched alkanes of at least 4 members (excludes halogenated alkanes) is 12. The van der Waals surface area contributed by atoms with E-state index >= 15 is 0 Å². The molecule has 3 saturated carbocycles. The first kappa shape index (κ1) is 55.8. The van der Waals surface area contributed by atoms with Crippen molar-refractivity contribution in [3.05, 3.63) is 23.8 Å². The maximum absolute atomic E-state index is 13.2. The number of esters is 2. The molecule has 8 heteroatoms. The molecule has 374 valence electrons. The molecule has 3 fully saturated rings. The largest absolute Gasteiger partial charge is 0.462 e. The van der Waals surface area contributed by atoms with Gasteiger partial charge in [0.25, 0.3) is 5.24 Å². The molecule has 7 nitrogen and oxygen atoms in total. The number of nitrogens with zero attached hydrogens (tertiary/aromatic N) is 2. The molecule has 4 aliphatic carbocycles. The Bertz CT molecular complexity index is 1450. The van der Waals surface area contributed by atoms with E-state index in [1.165, 1.54) is 95.2 Å². The second-order valence-corrected chi connectivity index (χ2v) is 23.6. The fourth-order valence-corrected chi connectivity index (χ4v) is 14.0. The second kappa shape index (κ2) is 29.9. The Balaban J connectivity index is 1.08. The number of hydrogen-bond acceptors (Lipinski definition) is 7. The third-order valence-corrected chi connectivity index (χ3v) is 17.8. The Morgan fingerprint density at radius 3 is 2.12 bits per heavy atom. The average molecular weight is 926 g/mol. The first-order valence-electron chi connectivity index (χ1n) is 27.5.